The second-order valence-electron chi connectivity index (χ2n) is 18.2. The zero-order valence-electron chi connectivity index (χ0n) is 29.9. The van der Waals surface area contributed by atoms with E-state index in [0.717, 1.165) is 69.8 Å². The van der Waals surface area contributed by atoms with Crippen molar-refractivity contribution in [1.82, 2.24) is 15.0 Å². The first kappa shape index (κ1) is 33.9. The van der Waals surface area contributed by atoms with Crippen molar-refractivity contribution in [2.45, 2.75) is 125 Å². The van der Waals surface area contributed by atoms with Crippen LogP contribution in [-0.4, -0.2) is 43.9 Å². The number of hydrogen-bond donors (Lipinski definition) is 2. The monoisotopic (exact) mass is 661 g/mol. The third kappa shape index (κ3) is 4.97. The van der Waals surface area contributed by atoms with Gasteiger partial charge in [0.1, 0.15) is 18.1 Å². The van der Waals surface area contributed by atoms with Crippen LogP contribution in [0.3, 0.4) is 0 Å². The summed E-state index contributed by atoms with van der Waals surface area (Å²) in [6.45, 7) is 14.9. The van der Waals surface area contributed by atoms with Gasteiger partial charge in [0.05, 0.1) is 30.9 Å². The van der Waals surface area contributed by atoms with Gasteiger partial charge in [-0.15, -0.1) is 5.10 Å². The van der Waals surface area contributed by atoms with Crippen LogP contribution in [-0.2, 0) is 22.7 Å². The quantitative estimate of drug-likeness (QED) is 0.244. The van der Waals surface area contributed by atoms with E-state index in [1.54, 1.807) is 23.0 Å². The van der Waals surface area contributed by atoms with Crippen LogP contribution in [0.15, 0.2) is 42.1 Å². The molecule has 5 aliphatic carbocycles. The third-order valence-corrected chi connectivity index (χ3v) is 15.4. The maximum atomic E-state index is 14.4. The largest absolute Gasteiger partial charge is 0.459 e. The highest BCUT2D eigenvalue weighted by Crippen LogP contribution is 2.75. The van der Waals surface area contributed by atoms with Gasteiger partial charge in [-0.3, -0.25) is 4.79 Å². The summed E-state index contributed by atoms with van der Waals surface area (Å²) in [4.78, 5) is 14.4. The first-order valence-electron chi connectivity index (χ1n) is 18.4. The van der Waals surface area contributed by atoms with Crippen molar-refractivity contribution >= 4 is 5.97 Å². The average Bonchev–Trinajstić information content (AvgIpc) is 3.50. The summed E-state index contributed by atoms with van der Waals surface area (Å²) in [5.41, 5.74) is 2.24. The Labute approximate surface area is 285 Å². The molecule has 0 radical (unpaired) electrons. The van der Waals surface area contributed by atoms with E-state index in [1.807, 2.05) is 0 Å². The Kier molecular flexibility index (Phi) is 8.10. The summed E-state index contributed by atoms with van der Waals surface area (Å²) >= 11 is 0. The molecular weight excluding hydrogens is 605 g/mol. The van der Waals surface area contributed by atoms with Crippen molar-refractivity contribution in [3.05, 3.63) is 59.2 Å². The SMILES string of the molecule is CC1(C)CC[C@]2(C(=O)OCc3cn(Cc4ccc(F)cc4)nn3)CC[C@]3(C)C(=CC[C@@H]4[C@@]5(C)CC[C@H](O)[C@@](C)(CO)[C@@H]5CC[C@]43C)[C@@H]2C1. The number of allylic oxidation sites excluding steroid dienone is 2. The molecule has 1 aromatic carbocycles. The second-order valence-corrected chi connectivity index (χ2v) is 18.2. The number of aliphatic hydroxyl groups excluding tert-OH is 2. The number of ether oxygens (including phenoxy) is 1. The van der Waals surface area contributed by atoms with Crippen LogP contribution in [0.2, 0.25) is 0 Å². The highest BCUT2D eigenvalue weighted by atomic mass is 19.1. The van der Waals surface area contributed by atoms with Crippen LogP contribution in [0.4, 0.5) is 4.39 Å². The number of hydrogen-bond acceptors (Lipinski definition) is 6. The molecule has 7 rings (SSSR count). The predicted molar refractivity (Wildman–Crippen MR) is 182 cm³/mol. The predicted octanol–water partition coefficient (Wildman–Crippen LogP) is 7.64. The van der Waals surface area contributed by atoms with E-state index in [2.05, 4.69) is 57.9 Å². The van der Waals surface area contributed by atoms with Crippen LogP contribution < -0.4 is 0 Å². The van der Waals surface area contributed by atoms with Crippen molar-refractivity contribution in [2.24, 2.45) is 50.2 Å². The number of fused-ring (bicyclic) bond motifs is 7. The van der Waals surface area contributed by atoms with Gasteiger partial charge < -0.3 is 14.9 Å². The minimum atomic E-state index is -0.542. The van der Waals surface area contributed by atoms with Gasteiger partial charge >= 0.3 is 5.97 Å². The van der Waals surface area contributed by atoms with Crippen LogP contribution in [0.5, 0.6) is 0 Å². The first-order chi connectivity index (χ1) is 22.6. The Morgan fingerprint density at radius 1 is 0.979 bits per heavy atom. The van der Waals surface area contributed by atoms with Crippen molar-refractivity contribution in [3.63, 3.8) is 0 Å². The van der Waals surface area contributed by atoms with Gasteiger partial charge in [0, 0.05) is 5.41 Å². The zero-order valence-corrected chi connectivity index (χ0v) is 29.9. The standard InChI is InChI=1S/C40H56FN3O4/c1-35(2)17-19-40(34(47)48-24-28-23-44(43-42-28)22-26-7-9-27(41)10-8-26)20-18-38(5)29(30(40)21-35)11-12-32-36(3)15-14-33(46)37(4,25-45)31(36)13-16-39(32,38)6/h7-11,23,30-33,45-46H,12-22,24-25H2,1-6H3/t30-,31+,32+,33-,36-,37-,38+,39+,40-/m0/s1. The molecule has 1 heterocycles. The fourth-order valence-electron chi connectivity index (χ4n) is 12.2. The van der Waals surface area contributed by atoms with E-state index < -0.39 is 16.9 Å². The number of benzene rings is 1. The molecule has 0 aliphatic heterocycles. The van der Waals surface area contributed by atoms with Gasteiger partial charge in [-0.2, -0.15) is 0 Å². The lowest BCUT2D eigenvalue weighted by molar-refractivity contribution is -0.217. The number of carbonyl (C=O) groups is 1. The molecule has 0 bridgehead atoms. The lowest BCUT2D eigenvalue weighted by Gasteiger charge is -2.71. The Bertz CT molecular complexity index is 1590. The van der Waals surface area contributed by atoms with Crippen molar-refractivity contribution in [2.75, 3.05) is 6.61 Å². The summed E-state index contributed by atoms with van der Waals surface area (Å²) in [7, 11) is 0. The van der Waals surface area contributed by atoms with Crippen molar-refractivity contribution in [3.8, 4) is 0 Å². The summed E-state index contributed by atoms with van der Waals surface area (Å²) in [6.07, 6.45) is 13.3. The molecule has 2 N–H and O–H groups in total. The number of aliphatic hydroxyl groups is 2. The molecule has 5 aliphatic rings. The van der Waals surface area contributed by atoms with E-state index in [4.69, 9.17) is 4.74 Å². The molecule has 0 saturated heterocycles. The highest BCUT2D eigenvalue weighted by Gasteiger charge is 2.69. The maximum absolute atomic E-state index is 14.4. The molecule has 9 atom stereocenters. The molecule has 8 heteroatoms. The van der Waals surface area contributed by atoms with Crippen LogP contribution in [0.1, 0.15) is 117 Å². The summed E-state index contributed by atoms with van der Waals surface area (Å²) in [6, 6.07) is 6.34. The van der Waals surface area contributed by atoms with Gasteiger partial charge in [0.2, 0.25) is 0 Å². The molecule has 0 unspecified atom stereocenters. The van der Waals surface area contributed by atoms with E-state index in [0.29, 0.717) is 18.2 Å². The number of esters is 1. The number of rotatable bonds is 6. The second kappa shape index (κ2) is 11.5. The zero-order chi connectivity index (χ0) is 34.3. The summed E-state index contributed by atoms with van der Waals surface area (Å²) in [5.74, 6) is 0.523. The van der Waals surface area contributed by atoms with Gasteiger partial charge in [0.25, 0.3) is 0 Å². The molecule has 1 aromatic heterocycles. The summed E-state index contributed by atoms with van der Waals surface area (Å²) in [5, 5.41) is 30.2. The first-order valence-corrected chi connectivity index (χ1v) is 18.4. The molecule has 2 aromatic rings. The molecule has 7 nitrogen and oxygen atoms in total. The summed E-state index contributed by atoms with van der Waals surface area (Å²) < 4.78 is 21.2. The molecule has 48 heavy (non-hydrogen) atoms. The Balaban J connectivity index is 1.15. The maximum Gasteiger partial charge on any atom is 0.313 e. The number of aromatic nitrogens is 3. The Hall–Kier alpha value is -2.58. The van der Waals surface area contributed by atoms with Gasteiger partial charge in [-0.25, -0.2) is 9.07 Å². The van der Waals surface area contributed by atoms with Crippen molar-refractivity contribution in [1.29, 1.82) is 0 Å². The smallest absolute Gasteiger partial charge is 0.313 e. The molecule has 262 valence electrons. The van der Waals surface area contributed by atoms with Gasteiger partial charge in [-0.1, -0.05) is 70.5 Å². The van der Waals surface area contributed by atoms with Crippen molar-refractivity contribution < 1.29 is 24.1 Å². The molecule has 4 saturated carbocycles. The van der Waals surface area contributed by atoms with Crippen LogP contribution >= 0.6 is 0 Å². The number of carbonyl (C=O) groups excluding carboxylic acids is 1. The van der Waals surface area contributed by atoms with E-state index in [9.17, 15) is 19.4 Å². The Morgan fingerprint density at radius 2 is 1.71 bits per heavy atom. The van der Waals surface area contributed by atoms with E-state index in [-0.39, 0.29) is 58.5 Å². The van der Waals surface area contributed by atoms with E-state index in [1.165, 1.54) is 17.7 Å². The molecular formula is C40H56FN3O4. The molecule has 0 amide bonds. The van der Waals surface area contributed by atoms with Crippen LogP contribution in [0, 0.1) is 56.1 Å². The fraction of sp³-hybridized carbons (Fsp3) is 0.725. The highest BCUT2D eigenvalue weighted by molar-refractivity contribution is 5.78. The lowest BCUT2D eigenvalue weighted by atomic mass is 9.33. The van der Waals surface area contributed by atoms with E-state index >= 15 is 0 Å². The topological polar surface area (TPSA) is 97.5 Å². The van der Waals surface area contributed by atoms with Gasteiger partial charge in [0.15, 0.2) is 0 Å². The number of halogens is 1. The fourth-order valence-corrected chi connectivity index (χ4v) is 12.2. The van der Waals surface area contributed by atoms with Crippen LogP contribution in [0.25, 0.3) is 0 Å². The minimum Gasteiger partial charge on any atom is -0.459 e. The third-order valence-electron chi connectivity index (χ3n) is 15.4. The average molecular weight is 662 g/mol. The normalized spacial score (nSPS) is 41.6. The number of nitrogens with zero attached hydrogens (tertiary/aromatic N) is 3. The Morgan fingerprint density at radius 3 is 2.44 bits per heavy atom. The molecule has 4 fully saturated rings. The molecule has 0 spiro atoms. The van der Waals surface area contributed by atoms with Gasteiger partial charge in [-0.05, 0) is 121 Å². The lowest BCUT2D eigenvalue weighted by Crippen LogP contribution is -2.66. The minimum absolute atomic E-state index is 0.0273.